The van der Waals surface area contributed by atoms with Gasteiger partial charge in [-0.2, -0.15) is 15.2 Å². The van der Waals surface area contributed by atoms with E-state index in [0.29, 0.717) is 55.8 Å². The summed E-state index contributed by atoms with van der Waals surface area (Å²) in [5.74, 6) is -0.941. The molecule has 2 aromatic carbocycles. The van der Waals surface area contributed by atoms with Crippen molar-refractivity contribution in [1.29, 1.82) is 5.26 Å². The molecule has 300 valence electrons. The number of amides is 2. The molecule has 7 rings (SSSR count). The zero-order chi connectivity index (χ0) is 40.6. The van der Waals surface area contributed by atoms with Gasteiger partial charge in [-0.1, -0.05) is 11.3 Å². The van der Waals surface area contributed by atoms with Crippen LogP contribution in [-0.4, -0.2) is 102 Å². The first-order valence-electron chi connectivity index (χ1n) is 18.9. The average molecular weight is 793 g/mol. The maximum Gasteiger partial charge on any atom is 0.413 e. The molecule has 1 N–H and O–H groups in total. The van der Waals surface area contributed by atoms with Crippen molar-refractivity contribution in [2.24, 2.45) is 0 Å². The lowest BCUT2D eigenvalue weighted by Gasteiger charge is -2.38. The predicted molar refractivity (Wildman–Crippen MR) is 212 cm³/mol. The standard InChI is InChI=1S/C35H39F2N7O5S.C5H11N/c1-33(2,3)48-31(45)42-30-40-26-19(9-10-22(36)27(26)50-30)23-21(35(18-38)11-8-12-35)17-20-25(24(23)37)39-29(47-7)41-28(20)43-13-15-44(16-14-43)32(46)49-34(4,5)6;1-6-4-2-3-5-6/h9-10,17H,8,11-16H2,1-7H3,(H,40,42,45);2-5H2,1H3. The third kappa shape index (κ3) is 8.73. The summed E-state index contributed by atoms with van der Waals surface area (Å²) in [5, 5.41) is 13.5. The van der Waals surface area contributed by atoms with Gasteiger partial charge in [-0.15, -0.1) is 0 Å². The maximum absolute atomic E-state index is 17.3. The van der Waals surface area contributed by atoms with Crippen molar-refractivity contribution < 1.29 is 32.6 Å². The number of benzene rings is 2. The topological polar surface area (TPSA) is 146 Å². The van der Waals surface area contributed by atoms with Gasteiger partial charge in [0.15, 0.2) is 10.9 Å². The fourth-order valence-electron chi connectivity index (χ4n) is 7.06. The van der Waals surface area contributed by atoms with Gasteiger partial charge < -0.3 is 28.9 Å². The molecule has 0 bridgehead atoms. The van der Waals surface area contributed by atoms with E-state index in [1.165, 1.54) is 45.2 Å². The molecule has 2 amide bonds. The van der Waals surface area contributed by atoms with Crippen LogP contribution in [0.15, 0.2) is 18.2 Å². The minimum atomic E-state index is -1.02. The van der Waals surface area contributed by atoms with Crippen molar-refractivity contribution in [2.45, 2.75) is 90.3 Å². The minimum absolute atomic E-state index is 0.0487. The molecule has 1 aliphatic carbocycles. The van der Waals surface area contributed by atoms with Crippen LogP contribution in [0.4, 0.5) is 29.3 Å². The van der Waals surface area contributed by atoms with E-state index in [4.69, 9.17) is 14.2 Å². The normalized spacial score (nSPS) is 17.2. The lowest BCUT2D eigenvalue weighted by Crippen LogP contribution is -2.50. The molecule has 3 aliphatic rings. The van der Waals surface area contributed by atoms with Gasteiger partial charge in [0, 0.05) is 42.7 Å². The second-order valence-corrected chi connectivity index (χ2v) is 17.5. The van der Waals surface area contributed by atoms with Gasteiger partial charge in [0.1, 0.15) is 28.4 Å². The van der Waals surface area contributed by atoms with Crippen molar-refractivity contribution in [3.8, 4) is 23.2 Å². The number of hydrogen-bond donors (Lipinski definition) is 1. The first-order valence-corrected chi connectivity index (χ1v) is 19.7. The fraction of sp³-hybridized carbons (Fsp3) is 0.550. The van der Waals surface area contributed by atoms with E-state index in [0.717, 1.165) is 17.8 Å². The van der Waals surface area contributed by atoms with Crippen LogP contribution in [-0.2, 0) is 14.9 Å². The zero-order valence-electron chi connectivity index (χ0n) is 33.3. The van der Waals surface area contributed by atoms with Gasteiger partial charge in [-0.05, 0) is 118 Å². The number of likely N-dealkylation sites (tertiary alicyclic amines) is 1. The quantitative estimate of drug-likeness (QED) is 0.208. The van der Waals surface area contributed by atoms with Gasteiger partial charge in [0.25, 0.3) is 0 Å². The van der Waals surface area contributed by atoms with Crippen molar-refractivity contribution in [2.75, 3.05) is 63.6 Å². The number of nitrogens with zero attached hydrogens (tertiary/aromatic N) is 7. The maximum atomic E-state index is 17.3. The van der Waals surface area contributed by atoms with E-state index in [1.807, 2.05) is 25.7 Å². The van der Waals surface area contributed by atoms with Crippen LogP contribution in [0.3, 0.4) is 0 Å². The van der Waals surface area contributed by atoms with Gasteiger partial charge in [0.2, 0.25) is 0 Å². The molecule has 56 heavy (non-hydrogen) atoms. The number of carbonyl (C=O) groups excluding carboxylic acids is 2. The Bertz CT molecular complexity index is 2160. The monoisotopic (exact) mass is 792 g/mol. The summed E-state index contributed by atoms with van der Waals surface area (Å²) in [6, 6.07) is 6.77. The lowest BCUT2D eigenvalue weighted by molar-refractivity contribution is 0.0240. The smallest absolute Gasteiger partial charge is 0.413 e. The molecule has 0 atom stereocenters. The van der Waals surface area contributed by atoms with Crippen LogP contribution in [0.1, 0.15) is 79.2 Å². The first-order chi connectivity index (χ1) is 26.4. The largest absolute Gasteiger partial charge is 0.467 e. The number of rotatable bonds is 5. The van der Waals surface area contributed by atoms with Crippen LogP contribution in [0.5, 0.6) is 6.01 Å². The fourth-order valence-corrected chi connectivity index (χ4v) is 7.94. The number of anilines is 2. The molecule has 2 aliphatic heterocycles. The molecular formula is C40H50F2N8O5S. The molecule has 0 unspecified atom stereocenters. The Hall–Kier alpha value is -4.88. The predicted octanol–water partition coefficient (Wildman–Crippen LogP) is 8.25. The molecular weight excluding hydrogens is 743 g/mol. The van der Waals surface area contributed by atoms with Crippen LogP contribution in [0, 0.1) is 23.0 Å². The number of thiazole rings is 1. The highest BCUT2D eigenvalue weighted by Crippen LogP contribution is 2.51. The van der Waals surface area contributed by atoms with Gasteiger partial charge in [0.05, 0.1) is 28.8 Å². The molecule has 3 fully saturated rings. The summed E-state index contributed by atoms with van der Waals surface area (Å²) in [6.45, 7) is 14.6. The Labute approximate surface area is 329 Å². The van der Waals surface area contributed by atoms with E-state index in [-0.39, 0.29) is 38.0 Å². The number of ether oxygens (including phenoxy) is 3. The lowest BCUT2D eigenvalue weighted by atomic mass is 9.63. The van der Waals surface area contributed by atoms with Crippen molar-refractivity contribution in [3.05, 3.63) is 35.4 Å². The Kier molecular flexibility index (Phi) is 11.6. The third-order valence-electron chi connectivity index (χ3n) is 9.94. The number of fused-ring (bicyclic) bond motifs is 2. The number of halogens is 2. The van der Waals surface area contributed by atoms with Crippen LogP contribution in [0.2, 0.25) is 0 Å². The van der Waals surface area contributed by atoms with Crippen LogP contribution < -0.4 is 15.0 Å². The van der Waals surface area contributed by atoms with E-state index < -0.39 is 40.4 Å². The minimum Gasteiger partial charge on any atom is -0.467 e. The molecule has 2 aromatic heterocycles. The molecule has 2 saturated heterocycles. The summed E-state index contributed by atoms with van der Waals surface area (Å²) in [5.41, 5.74) is -1.64. The number of methoxy groups -OCH3 is 1. The van der Waals surface area contributed by atoms with E-state index >= 15 is 8.78 Å². The highest BCUT2D eigenvalue weighted by atomic mass is 32.1. The second kappa shape index (κ2) is 15.9. The van der Waals surface area contributed by atoms with Crippen molar-refractivity contribution in [3.63, 3.8) is 0 Å². The Morgan fingerprint density at radius 1 is 0.911 bits per heavy atom. The van der Waals surface area contributed by atoms with Gasteiger partial charge in [-0.25, -0.2) is 23.4 Å². The van der Waals surface area contributed by atoms with E-state index in [9.17, 15) is 14.9 Å². The molecule has 1 saturated carbocycles. The van der Waals surface area contributed by atoms with E-state index in [2.05, 4.69) is 38.3 Å². The summed E-state index contributed by atoms with van der Waals surface area (Å²) in [7, 11) is 3.56. The third-order valence-corrected chi connectivity index (χ3v) is 10.9. The zero-order valence-corrected chi connectivity index (χ0v) is 34.2. The van der Waals surface area contributed by atoms with E-state index in [1.54, 1.807) is 31.7 Å². The van der Waals surface area contributed by atoms with Gasteiger partial charge in [-0.3, -0.25) is 5.32 Å². The Morgan fingerprint density at radius 3 is 2.11 bits per heavy atom. The number of hydrogen-bond acceptors (Lipinski definition) is 12. The number of carbonyl (C=O) groups is 2. The highest BCUT2D eigenvalue weighted by molar-refractivity contribution is 7.22. The van der Waals surface area contributed by atoms with Gasteiger partial charge >= 0.3 is 18.2 Å². The summed E-state index contributed by atoms with van der Waals surface area (Å²) >= 11 is 0.893. The van der Waals surface area contributed by atoms with Crippen LogP contribution in [0.25, 0.3) is 32.2 Å². The SMILES string of the molecule is CN1CCCC1.COc1nc(N2CCN(C(=O)OC(C)(C)C)CC2)c2cc(C3(C#N)CCC3)c(-c3ccc(F)c4sc(NC(=O)OC(C)(C)C)nc34)c(F)c2n1. The Morgan fingerprint density at radius 2 is 1.57 bits per heavy atom. The Balaban J connectivity index is 0.000000809. The summed E-state index contributed by atoms with van der Waals surface area (Å²) in [4.78, 5) is 44.7. The second-order valence-electron chi connectivity index (χ2n) is 16.5. The summed E-state index contributed by atoms with van der Waals surface area (Å²) in [6.07, 6.45) is 3.40. The number of nitrogens with one attached hydrogen (secondary N) is 1. The van der Waals surface area contributed by atoms with Crippen molar-refractivity contribution in [1.82, 2.24) is 24.8 Å². The average Bonchev–Trinajstić information content (AvgIpc) is 3.77. The summed E-state index contributed by atoms with van der Waals surface area (Å²) < 4.78 is 49.0. The molecule has 0 radical (unpaired) electrons. The first kappa shape index (κ1) is 40.8. The molecule has 16 heteroatoms. The highest BCUT2D eigenvalue weighted by Gasteiger charge is 2.43. The molecule has 4 aromatic rings. The van der Waals surface area contributed by atoms with Crippen LogP contribution >= 0.6 is 11.3 Å². The number of piperazine rings is 1. The van der Waals surface area contributed by atoms with Crippen molar-refractivity contribution >= 4 is 55.6 Å². The number of nitriles is 1. The molecule has 4 heterocycles. The number of aromatic nitrogens is 3. The molecule has 13 nitrogen and oxygen atoms in total. The molecule has 0 spiro atoms.